The molecule has 3 rings (SSSR count). The molecule has 1 aromatic heterocycles. The predicted octanol–water partition coefficient (Wildman–Crippen LogP) is 4.14. The molecule has 0 unspecified atom stereocenters. The van der Waals surface area contributed by atoms with Gasteiger partial charge >= 0.3 is 5.97 Å². The molecule has 1 aliphatic heterocycles. The molecule has 2 heterocycles. The van der Waals surface area contributed by atoms with Gasteiger partial charge in [0.1, 0.15) is 5.76 Å². The highest BCUT2D eigenvalue weighted by atomic mass is 127. The first-order chi connectivity index (χ1) is 10.0. The molecule has 0 radical (unpaired) electrons. The molecule has 0 amide bonds. The van der Waals surface area contributed by atoms with Crippen LogP contribution in [0.25, 0.3) is 6.08 Å². The number of aryl methyl sites for hydroxylation is 1. The van der Waals surface area contributed by atoms with Gasteiger partial charge in [-0.15, -0.1) is 0 Å². The summed E-state index contributed by atoms with van der Waals surface area (Å²) in [5.74, 6) is 0.440. The minimum Gasteiger partial charge on any atom is -0.451 e. The van der Waals surface area contributed by atoms with Gasteiger partial charge in [0.25, 0.3) is 0 Å². The smallest absolute Gasteiger partial charge is 0.363 e. The third kappa shape index (κ3) is 3.20. The van der Waals surface area contributed by atoms with Crippen molar-refractivity contribution in [2.75, 3.05) is 0 Å². The summed E-state index contributed by atoms with van der Waals surface area (Å²) in [4.78, 5) is 16.1. The summed E-state index contributed by atoms with van der Waals surface area (Å²) < 4.78 is 12.5. The second-order valence-electron chi connectivity index (χ2n) is 4.44. The number of ether oxygens (including phenoxy) is 1. The Morgan fingerprint density at radius 1 is 1.19 bits per heavy atom. The van der Waals surface area contributed by atoms with Gasteiger partial charge in [0.2, 0.25) is 5.90 Å². The molecule has 4 nitrogen and oxygen atoms in total. The molecule has 0 saturated heterocycles. The highest BCUT2D eigenvalue weighted by Crippen LogP contribution is 2.22. The molecule has 2 aromatic rings. The number of carbonyl (C=O) groups is 1. The van der Waals surface area contributed by atoms with Crippen molar-refractivity contribution in [1.29, 1.82) is 0 Å². The van der Waals surface area contributed by atoms with E-state index in [0.29, 0.717) is 11.7 Å². The largest absolute Gasteiger partial charge is 0.451 e. The van der Waals surface area contributed by atoms with E-state index in [1.54, 1.807) is 12.1 Å². The molecule has 106 valence electrons. The summed E-state index contributed by atoms with van der Waals surface area (Å²) in [7, 11) is 0. The maximum atomic E-state index is 11.9. The van der Waals surface area contributed by atoms with Crippen LogP contribution in [0.1, 0.15) is 16.9 Å². The first kappa shape index (κ1) is 14.8. The van der Waals surface area contributed by atoms with E-state index in [-0.39, 0.29) is 5.70 Å². The summed E-state index contributed by atoms with van der Waals surface area (Å²) in [6, 6.07) is 9.41. The fourth-order valence-corrected chi connectivity index (χ4v) is 2.62. The number of aliphatic imine (C=N–C) groups is 1. The lowest BCUT2D eigenvalue weighted by molar-refractivity contribution is -0.129. The van der Waals surface area contributed by atoms with Gasteiger partial charge in [-0.3, -0.25) is 0 Å². The van der Waals surface area contributed by atoms with Crippen molar-refractivity contribution in [2.45, 2.75) is 6.92 Å². The Balaban J connectivity index is 1.95. The predicted molar refractivity (Wildman–Crippen MR) is 95.9 cm³/mol. The number of hydrogen-bond acceptors (Lipinski definition) is 4. The minimum absolute atomic E-state index is 0.243. The second kappa shape index (κ2) is 5.91. The Bertz CT molecular complexity index is 790. The van der Waals surface area contributed by atoms with E-state index < -0.39 is 5.97 Å². The van der Waals surface area contributed by atoms with Crippen molar-refractivity contribution in [3.8, 4) is 0 Å². The molecule has 0 aliphatic carbocycles. The van der Waals surface area contributed by atoms with E-state index in [1.807, 2.05) is 31.2 Å². The molecule has 0 bridgehead atoms. The zero-order valence-electron chi connectivity index (χ0n) is 10.9. The zero-order valence-corrected chi connectivity index (χ0v) is 15.2. The molecule has 0 saturated carbocycles. The van der Waals surface area contributed by atoms with Gasteiger partial charge in [0.15, 0.2) is 9.46 Å². The Labute approximate surface area is 148 Å². The number of carbonyl (C=O) groups excluding carboxylic acids is 1. The lowest BCUT2D eigenvalue weighted by atomic mass is 10.1. The molecule has 1 aromatic carbocycles. The van der Waals surface area contributed by atoms with Crippen LogP contribution >= 0.6 is 45.2 Å². The van der Waals surface area contributed by atoms with E-state index in [1.165, 1.54) is 0 Å². The number of benzene rings is 1. The first-order valence-corrected chi connectivity index (χ1v) is 8.23. The molecule has 21 heavy (non-hydrogen) atoms. The van der Waals surface area contributed by atoms with Gasteiger partial charge < -0.3 is 9.15 Å². The zero-order chi connectivity index (χ0) is 15.0. The second-order valence-corrected chi connectivity index (χ2v) is 6.67. The molecule has 1 aliphatic rings. The Morgan fingerprint density at radius 2 is 2.00 bits per heavy atom. The number of rotatable bonds is 2. The Kier molecular flexibility index (Phi) is 4.16. The lowest BCUT2D eigenvalue weighted by Crippen LogP contribution is -2.05. The summed E-state index contributed by atoms with van der Waals surface area (Å²) >= 11 is 4.32. The summed E-state index contributed by atoms with van der Waals surface area (Å²) in [6.45, 7) is 2.00. The van der Waals surface area contributed by atoms with Gasteiger partial charge in [0.05, 0.1) is 0 Å². The number of halogens is 2. The van der Waals surface area contributed by atoms with Crippen LogP contribution in [-0.4, -0.2) is 11.9 Å². The summed E-state index contributed by atoms with van der Waals surface area (Å²) in [5.41, 5.74) is 2.15. The monoisotopic (exact) mass is 505 g/mol. The molecule has 6 heteroatoms. The standard InChI is InChI=1S/C15H9I2NO3/c1-8-6-9(2-4-11(8)16)14-18-12(15(19)21-14)7-10-3-5-13(17)20-10/h2-7H,1H3/b12-7-. The van der Waals surface area contributed by atoms with Crippen LogP contribution in [0.15, 0.2) is 45.4 Å². The maximum absolute atomic E-state index is 11.9. The minimum atomic E-state index is -0.465. The van der Waals surface area contributed by atoms with Crippen LogP contribution in [0.2, 0.25) is 0 Å². The third-order valence-electron chi connectivity index (χ3n) is 2.90. The highest BCUT2D eigenvalue weighted by Gasteiger charge is 2.24. The first-order valence-electron chi connectivity index (χ1n) is 6.07. The number of cyclic esters (lactones) is 1. The fraction of sp³-hybridized carbons (Fsp3) is 0.0667. The van der Waals surface area contributed by atoms with Crippen LogP contribution < -0.4 is 0 Å². The Hall–Kier alpha value is -1.16. The molecular weight excluding hydrogens is 496 g/mol. The van der Waals surface area contributed by atoms with E-state index in [2.05, 4.69) is 50.2 Å². The number of esters is 1. The van der Waals surface area contributed by atoms with Gasteiger partial charge in [-0.1, -0.05) is 0 Å². The van der Waals surface area contributed by atoms with Crippen molar-refractivity contribution in [1.82, 2.24) is 0 Å². The summed E-state index contributed by atoms with van der Waals surface area (Å²) in [5, 5.41) is 0. The molecular formula is C15H9I2NO3. The van der Waals surface area contributed by atoms with Crippen molar-refractivity contribution in [2.24, 2.45) is 4.99 Å². The van der Waals surface area contributed by atoms with Crippen molar-refractivity contribution in [3.05, 3.63) is 60.3 Å². The third-order valence-corrected chi connectivity index (χ3v) is 4.69. The van der Waals surface area contributed by atoms with Gasteiger partial charge in [-0.25, -0.2) is 9.79 Å². The molecule has 0 spiro atoms. The number of hydrogen-bond donors (Lipinski definition) is 0. The van der Waals surface area contributed by atoms with Crippen molar-refractivity contribution >= 4 is 63.1 Å². The van der Waals surface area contributed by atoms with Crippen LogP contribution in [0.5, 0.6) is 0 Å². The van der Waals surface area contributed by atoms with Crippen LogP contribution in [0, 0.1) is 14.3 Å². The van der Waals surface area contributed by atoms with E-state index in [9.17, 15) is 4.79 Å². The molecule has 0 fully saturated rings. The average molecular weight is 505 g/mol. The number of furan rings is 1. The molecule has 0 N–H and O–H groups in total. The van der Waals surface area contributed by atoms with Crippen molar-refractivity contribution < 1.29 is 13.9 Å². The van der Waals surface area contributed by atoms with Crippen LogP contribution in [0.4, 0.5) is 0 Å². The quantitative estimate of drug-likeness (QED) is 0.351. The van der Waals surface area contributed by atoms with E-state index >= 15 is 0 Å². The van der Waals surface area contributed by atoms with Gasteiger partial charge in [-0.2, -0.15) is 0 Å². The molecule has 0 atom stereocenters. The lowest BCUT2D eigenvalue weighted by Gasteiger charge is -2.02. The van der Waals surface area contributed by atoms with Gasteiger partial charge in [-0.05, 0) is 88.0 Å². The highest BCUT2D eigenvalue weighted by molar-refractivity contribution is 14.1. The maximum Gasteiger partial charge on any atom is 0.363 e. The van der Waals surface area contributed by atoms with E-state index in [4.69, 9.17) is 9.15 Å². The number of nitrogens with zero attached hydrogens (tertiary/aromatic N) is 1. The van der Waals surface area contributed by atoms with Gasteiger partial charge in [0, 0.05) is 15.2 Å². The Morgan fingerprint density at radius 3 is 2.67 bits per heavy atom. The average Bonchev–Trinajstić information content (AvgIpc) is 3.00. The topological polar surface area (TPSA) is 51.8 Å². The van der Waals surface area contributed by atoms with Crippen molar-refractivity contribution in [3.63, 3.8) is 0 Å². The summed E-state index contributed by atoms with van der Waals surface area (Å²) in [6.07, 6.45) is 1.58. The fourth-order valence-electron chi connectivity index (χ4n) is 1.85. The normalized spacial score (nSPS) is 16.2. The van der Waals surface area contributed by atoms with Crippen LogP contribution in [-0.2, 0) is 9.53 Å². The van der Waals surface area contributed by atoms with Crippen LogP contribution in [0.3, 0.4) is 0 Å². The SMILES string of the molecule is Cc1cc(C2=N/C(=C\c3ccc(I)o3)C(=O)O2)ccc1I. The van der Waals surface area contributed by atoms with E-state index in [0.717, 1.165) is 18.5 Å².